The first-order chi connectivity index (χ1) is 6.77. The molecule has 0 spiro atoms. The van der Waals surface area contributed by atoms with Gasteiger partial charge in [-0.3, -0.25) is 4.79 Å². The summed E-state index contributed by atoms with van der Waals surface area (Å²) in [6.45, 7) is 4.87. The number of piperazine rings is 1. The summed E-state index contributed by atoms with van der Waals surface area (Å²) in [7, 11) is 0. The van der Waals surface area contributed by atoms with Crippen LogP contribution in [0.5, 0.6) is 0 Å². The number of hydrogen-bond donors (Lipinski definition) is 1. The summed E-state index contributed by atoms with van der Waals surface area (Å²) in [5.74, 6) is 2.91. The molecule has 0 saturated carbocycles. The quantitative estimate of drug-likeness (QED) is 0.692. The first-order valence-corrected chi connectivity index (χ1v) is 6.53. The number of nitrogens with one attached hydrogen (secondary N) is 1. The summed E-state index contributed by atoms with van der Waals surface area (Å²) in [6, 6.07) is 0.460. The van der Waals surface area contributed by atoms with Crippen molar-refractivity contribution in [1.82, 2.24) is 10.2 Å². The Hall–Kier alpha value is -0.220. The molecule has 2 aliphatic heterocycles. The number of rotatable bonds is 1. The van der Waals surface area contributed by atoms with Gasteiger partial charge in [0.25, 0.3) is 0 Å². The minimum absolute atomic E-state index is 0.310. The molecule has 4 heteroatoms. The van der Waals surface area contributed by atoms with Crippen LogP contribution in [-0.2, 0) is 4.79 Å². The molecule has 14 heavy (non-hydrogen) atoms. The van der Waals surface area contributed by atoms with Crippen LogP contribution in [0.4, 0.5) is 0 Å². The molecule has 0 aromatic heterocycles. The van der Waals surface area contributed by atoms with Crippen LogP contribution >= 0.6 is 11.8 Å². The van der Waals surface area contributed by atoms with E-state index in [4.69, 9.17) is 0 Å². The predicted octanol–water partition coefficient (Wildman–Crippen LogP) is 0.560. The van der Waals surface area contributed by atoms with Crippen LogP contribution in [0.1, 0.15) is 13.3 Å². The van der Waals surface area contributed by atoms with Gasteiger partial charge in [0.15, 0.2) is 0 Å². The maximum absolute atomic E-state index is 12.0. The fraction of sp³-hybridized carbons (Fsp3) is 0.900. The molecule has 2 rings (SSSR count). The van der Waals surface area contributed by atoms with Crippen molar-refractivity contribution in [3.8, 4) is 0 Å². The van der Waals surface area contributed by atoms with Crippen LogP contribution in [0.2, 0.25) is 0 Å². The molecule has 1 N–H and O–H groups in total. The molecule has 2 atom stereocenters. The monoisotopic (exact) mass is 214 g/mol. The maximum atomic E-state index is 12.0. The SMILES string of the molecule is CC1CN(C(=O)C2CCSC2)CCN1. The van der Waals surface area contributed by atoms with Gasteiger partial charge in [-0.25, -0.2) is 0 Å². The maximum Gasteiger partial charge on any atom is 0.226 e. The molecule has 0 aromatic rings. The molecule has 2 fully saturated rings. The molecule has 3 nitrogen and oxygen atoms in total. The Morgan fingerprint density at radius 1 is 1.57 bits per heavy atom. The van der Waals surface area contributed by atoms with Crippen molar-refractivity contribution in [2.45, 2.75) is 19.4 Å². The van der Waals surface area contributed by atoms with Crippen molar-refractivity contribution < 1.29 is 4.79 Å². The smallest absolute Gasteiger partial charge is 0.226 e. The van der Waals surface area contributed by atoms with E-state index >= 15 is 0 Å². The van der Waals surface area contributed by atoms with E-state index < -0.39 is 0 Å². The molecule has 0 radical (unpaired) electrons. The van der Waals surface area contributed by atoms with Crippen molar-refractivity contribution in [3.05, 3.63) is 0 Å². The van der Waals surface area contributed by atoms with E-state index in [0.29, 0.717) is 17.9 Å². The van der Waals surface area contributed by atoms with E-state index in [1.165, 1.54) is 0 Å². The molecule has 0 aliphatic carbocycles. The van der Waals surface area contributed by atoms with Crippen molar-refractivity contribution in [2.75, 3.05) is 31.1 Å². The van der Waals surface area contributed by atoms with Gasteiger partial charge in [0, 0.05) is 37.3 Å². The molecule has 1 amide bonds. The van der Waals surface area contributed by atoms with Crippen LogP contribution in [0, 0.1) is 5.92 Å². The zero-order chi connectivity index (χ0) is 9.97. The van der Waals surface area contributed by atoms with Crippen LogP contribution in [0.25, 0.3) is 0 Å². The first kappa shape index (κ1) is 10.3. The normalized spacial score (nSPS) is 33.4. The lowest BCUT2D eigenvalue weighted by Crippen LogP contribution is -2.52. The Bertz CT molecular complexity index is 216. The molecular formula is C10H18N2OS. The van der Waals surface area contributed by atoms with Crippen molar-refractivity contribution in [2.24, 2.45) is 5.92 Å². The average Bonchev–Trinajstić information content (AvgIpc) is 2.69. The summed E-state index contributed by atoms with van der Waals surface area (Å²) >= 11 is 1.91. The number of hydrogen-bond acceptors (Lipinski definition) is 3. The second-order valence-electron chi connectivity index (χ2n) is 4.20. The van der Waals surface area contributed by atoms with Gasteiger partial charge in [-0.1, -0.05) is 0 Å². The second kappa shape index (κ2) is 4.53. The first-order valence-electron chi connectivity index (χ1n) is 5.37. The predicted molar refractivity (Wildman–Crippen MR) is 59.5 cm³/mol. The number of amides is 1. The van der Waals surface area contributed by atoms with Crippen molar-refractivity contribution in [1.29, 1.82) is 0 Å². The van der Waals surface area contributed by atoms with E-state index in [-0.39, 0.29) is 0 Å². The molecule has 2 saturated heterocycles. The summed E-state index contributed by atoms with van der Waals surface area (Å²) in [4.78, 5) is 14.1. The third-order valence-electron chi connectivity index (χ3n) is 2.96. The van der Waals surface area contributed by atoms with Gasteiger partial charge in [0.1, 0.15) is 0 Å². The lowest BCUT2D eigenvalue weighted by atomic mass is 10.1. The molecule has 2 unspecified atom stereocenters. The fourth-order valence-electron chi connectivity index (χ4n) is 2.12. The zero-order valence-electron chi connectivity index (χ0n) is 8.66. The third kappa shape index (κ3) is 2.23. The Morgan fingerprint density at radius 2 is 2.43 bits per heavy atom. The van der Waals surface area contributed by atoms with Gasteiger partial charge in [-0.2, -0.15) is 11.8 Å². The van der Waals surface area contributed by atoms with E-state index in [9.17, 15) is 4.79 Å². The van der Waals surface area contributed by atoms with E-state index in [2.05, 4.69) is 12.2 Å². The van der Waals surface area contributed by atoms with E-state index in [1.807, 2.05) is 16.7 Å². The number of thioether (sulfide) groups is 1. The van der Waals surface area contributed by atoms with Gasteiger partial charge in [-0.15, -0.1) is 0 Å². The van der Waals surface area contributed by atoms with Crippen LogP contribution in [0.15, 0.2) is 0 Å². The van der Waals surface area contributed by atoms with Crippen LogP contribution in [0.3, 0.4) is 0 Å². The zero-order valence-corrected chi connectivity index (χ0v) is 9.48. The van der Waals surface area contributed by atoms with Gasteiger partial charge < -0.3 is 10.2 Å². The summed E-state index contributed by atoms with van der Waals surface area (Å²) < 4.78 is 0. The molecule has 2 aliphatic rings. The molecular weight excluding hydrogens is 196 g/mol. The van der Waals surface area contributed by atoms with Gasteiger partial charge >= 0.3 is 0 Å². The van der Waals surface area contributed by atoms with Crippen molar-refractivity contribution >= 4 is 17.7 Å². The molecule has 0 aromatic carbocycles. The minimum atomic E-state index is 0.310. The average molecular weight is 214 g/mol. The highest BCUT2D eigenvalue weighted by Gasteiger charge is 2.29. The molecule has 80 valence electrons. The van der Waals surface area contributed by atoms with Gasteiger partial charge in [0.2, 0.25) is 5.91 Å². The summed E-state index contributed by atoms with van der Waals surface area (Å²) in [5, 5.41) is 3.36. The van der Waals surface area contributed by atoms with Crippen molar-refractivity contribution in [3.63, 3.8) is 0 Å². The van der Waals surface area contributed by atoms with Gasteiger partial charge in [-0.05, 0) is 19.1 Å². The Kier molecular flexibility index (Phi) is 3.34. The fourth-order valence-corrected chi connectivity index (χ4v) is 3.33. The highest BCUT2D eigenvalue weighted by atomic mass is 32.2. The third-order valence-corrected chi connectivity index (χ3v) is 4.12. The van der Waals surface area contributed by atoms with Crippen LogP contribution in [-0.4, -0.2) is 48.0 Å². The van der Waals surface area contributed by atoms with Gasteiger partial charge in [0.05, 0.1) is 0 Å². The Morgan fingerprint density at radius 3 is 3.07 bits per heavy atom. The number of nitrogens with zero attached hydrogens (tertiary/aromatic N) is 1. The number of carbonyl (C=O) groups excluding carboxylic acids is 1. The highest BCUT2D eigenvalue weighted by Crippen LogP contribution is 2.25. The standard InChI is InChI=1S/C10H18N2OS/c1-8-6-12(4-3-11-8)10(13)9-2-5-14-7-9/h8-9,11H,2-7H2,1H3. The highest BCUT2D eigenvalue weighted by molar-refractivity contribution is 7.99. The lowest BCUT2D eigenvalue weighted by Gasteiger charge is -2.33. The largest absolute Gasteiger partial charge is 0.340 e. The Balaban J connectivity index is 1.89. The van der Waals surface area contributed by atoms with E-state index in [1.54, 1.807) is 0 Å². The van der Waals surface area contributed by atoms with Crippen LogP contribution < -0.4 is 5.32 Å². The second-order valence-corrected chi connectivity index (χ2v) is 5.35. The minimum Gasteiger partial charge on any atom is -0.340 e. The Labute approximate surface area is 89.6 Å². The lowest BCUT2D eigenvalue weighted by molar-refractivity contribution is -0.135. The number of carbonyl (C=O) groups is 1. The topological polar surface area (TPSA) is 32.3 Å². The molecule has 0 bridgehead atoms. The molecule has 2 heterocycles. The summed E-state index contributed by atoms with van der Waals surface area (Å²) in [5.41, 5.74) is 0. The summed E-state index contributed by atoms with van der Waals surface area (Å²) in [6.07, 6.45) is 1.09. The van der Waals surface area contributed by atoms with E-state index in [0.717, 1.165) is 37.6 Å².